The SMILES string of the molecule is CO[C@H]1[C@@H](OS(=O)(=O)c2ccc(C)cc2)[C@H](O)[C@H](OC(=O)OCc2ccccc2)O[C@@H]1C. The number of carbonyl (C=O) groups is 1. The van der Waals surface area contributed by atoms with Crippen LogP contribution in [0.2, 0.25) is 0 Å². The Morgan fingerprint density at radius 1 is 1.06 bits per heavy atom. The summed E-state index contributed by atoms with van der Waals surface area (Å²) in [6.45, 7) is 3.36. The minimum absolute atomic E-state index is 0.0412. The summed E-state index contributed by atoms with van der Waals surface area (Å²) in [6, 6.07) is 15.0. The molecule has 0 aliphatic carbocycles. The van der Waals surface area contributed by atoms with E-state index in [-0.39, 0.29) is 11.5 Å². The molecule has 1 fully saturated rings. The van der Waals surface area contributed by atoms with Crippen molar-refractivity contribution in [1.29, 1.82) is 0 Å². The maximum Gasteiger partial charge on any atom is 0.511 e. The number of benzene rings is 2. The average molecular weight is 467 g/mol. The molecule has 174 valence electrons. The van der Waals surface area contributed by atoms with Gasteiger partial charge >= 0.3 is 6.16 Å². The van der Waals surface area contributed by atoms with Gasteiger partial charge in [-0.1, -0.05) is 48.0 Å². The predicted octanol–water partition coefficient (Wildman–Crippen LogP) is 2.54. The molecule has 1 N–H and O–H groups in total. The van der Waals surface area contributed by atoms with Crippen LogP contribution in [0.15, 0.2) is 59.5 Å². The molecule has 0 unspecified atom stereocenters. The van der Waals surface area contributed by atoms with Crippen molar-refractivity contribution in [1.82, 2.24) is 0 Å². The number of ether oxygens (including phenoxy) is 4. The van der Waals surface area contributed by atoms with Crippen molar-refractivity contribution < 1.29 is 41.4 Å². The molecular formula is C22H26O9S. The van der Waals surface area contributed by atoms with E-state index in [1.165, 1.54) is 19.2 Å². The van der Waals surface area contributed by atoms with E-state index >= 15 is 0 Å². The molecule has 0 radical (unpaired) electrons. The summed E-state index contributed by atoms with van der Waals surface area (Å²) in [6.07, 6.45) is -7.33. The zero-order valence-electron chi connectivity index (χ0n) is 17.9. The van der Waals surface area contributed by atoms with Gasteiger partial charge in [0.2, 0.25) is 6.29 Å². The molecule has 9 nitrogen and oxygen atoms in total. The van der Waals surface area contributed by atoms with E-state index in [4.69, 9.17) is 23.1 Å². The molecule has 0 spiro atoms. The van der Waals surface area contributed by atoms with E-state index in [1.54, 1.807) is 43.3 Å². The molecule has 5 atom stereocenters. The van der Waals surface area contributed by atoms with Crippen LogP contribution in [0.3, 0.4) is 0 Å². The maximum absolute atomic E-state index is 12.8. The highest BCUT2D eigenvalue weighted by molar-refractivity contribution is 7.86. The Labute approximate surface area is 186 Å². The van der Waals surface area contributed by atoms with Crippen molar-refractivity contribution in [3.05, 3.63) is 65.7 Å². The fourth-order valence-corrected chi connectivity index (χ4v) is 4.37. The molecule has 32 heavy (non-hydrogen) atoms. The third-order valence-electron chi connectivity index (χ3n) is 4.98. The number of hydrogen-bond acceptors (Lipinski definition) is 9. The molecule has 3 rings (SSSR count). The van der Waals surface area contributed by atoms with Gasteiger partial charge in [-0.2, -0.15) is 8.42 Å². The van der Waals surface area contributed by atoms with Crippen LogP contribution in [-0.4, -0.2) is 57.5 Å². The Morgan fingerprint density at radius 3 is 2.34 bits per heavy atom. The quantitative estimate of drug-likeness (QED) is 0.485. The van der Waals surface area contributed by atoms with Crippen molar-refractivity contribution in [2.24, 2.45) is 0 Å². The third-order valence-corrected chi connectivity index (χ3v) is 6.31. The maximum atomic E-state index is 12.8. The van der Waals surface area contributed by atoms with Crippen LogP contribution in [0.1, 0.15) is 18.1 Å². The van der Waals surface area contributed by atoms with Crippen LogP contribution in [0.5, 0.6) is 0 Å². The Balaban J connectivity index is 1.70. The summed E-state index contributed by atoms with van der Waals surface area (Å²) in [7, 11) is -2.91. The molecule has 1 aliphatic rings. The van der Waals surface area contributed by atoms with Gasteiger partial charge < -0.3 is 24.1 Å². The third kappa shape index (κ3) is 5.84. The van der Waals surface area contributed by atoms with E-state index in [1.807, 2.05) is 13.0 Å². The van der Waals surface area contributed by atoms with E-state index in [0.29, 0.717) is 0 Å². The van der Waals surface area contributed by atoms with Crippen molar-refractivity contribution in [2.45, 2.75) is 56.1 Å². The number of aliphatic hydroxyl groups excluding tert-OH is 1. The van der Waals surface area contributed by atoms with Gasteiger partial charge in [0.15, 0.2) is 0 Å². The Hall–Kier alpha value is -2.50. The largest absolute Gasteiger partial charge is 0.511 e. The number of carbonyl (C=O) groups excluding carboxylic acids is 1. The first-order valence-corrected chi connectivity index (χ1v) is 11.4. The van der Waals surface area contributed by atoms with Gasteiger partial charge in [-0.25, -0.2) is 4.79 Å². The van der Waals surface area contributed by atoms with E-state index < -0.39 is 47.0 Å². The fraction of sp³-hybridized carbons (Fsp3) is 0.409. The van der Waals surface area contributed by atoms with Crippen molar-refractivity contribution in [2.75, 3.05) is 7.11 Å². The first-order chi connectivity index (χ1) is 15.2. The lowest BCUT2D eigenvalue weighted by Crippen LogP contribution is -2.59. The zero-order chi connectivity index (χ0) is 23.3. The van der Waals surface area contributed by atoms with E-state index in [9.17, 15) is 18.3 Å². The highest BCUT2D eigenvalue weighted by Gasteiger charge is 2.49. The monoisotopic (exact) mass is 466 g/mol. The number of methoxy groups -OCH3 is 1. The molecule has 1 aliphatic heterocycles. The molecular weight excluding hydrogens is 440 g/mol. The molecule has 2 aromatic rings. The van der Waals surface area contributed by atoms with Crippen LogP contribution in [-0.2, 0) is 39.9 Å². The predicted molar refractivity (Wildman–Crippen MR) is 112 cm³/mol. The Morgan fingerprint density at radius 2 is 1.72 bits per heavy atom. The Bertz CT molecular complexity index is 992. The van der Waals surface area contributed by atoms with Gasteiger partial charge in [0.1, 0.15) is 24.9 Å². The Kier molecular flexibility index (Phi) is 7.86. The molecule has 10 heteroatoms. The van der Waals surface area contributed by atoms with E-state index in [2.05, 4.69) is 0 Å². The van der Waals surface area contributed by atoms with Crippen LogP contribution in [0, 0.1) is 6.92 Å². The summed E-state index contributed by atoms with van der Waals surface area (Å²) in [5.74, 6) is 0. The minimum Gasteiger partial charge on any atom is -0.429 e. The summed E-state index contributed by atoms with van der Waals surface area (Å²) in [4.78, 5) is 12.0. The van der Waals surface area contributed by atoms with Gasteiger partial charge in [0, 0.05) is 7.11 Å². The lowest BCUT2D eigenvalue weighted by Gasteiger charge is -2.41. The van der Waals surface area contributed by atoms with Crippen molar-refractivity contribution >= 4 is 16.3 Å². The summed E-state index contributed by atoms with van der Waals surface area (Å²) >= 11 is 0. The van der Waals surface area contributed by atoms with E-state index in [0.717, 1.165) is 11.1 Å². The molecule has 0 bridgehead atoms. The van der Waals surface area contributed by atoms with Crippen molar-refractivity contribution in [3.8, 4) is 0 Å². The molecule has 1 saturated heterocycles. The average Bonchev–Trinajstić information content (AvgIpc) is 2.77. The first kappa shape index (κ1) is 24.1. The molecule has 2 aromatic carbocycles. The second kappa shape index (κ2) is 10.4. The summed E-state index contributed by atoms with van der Waals surface area (Å²) in [5.41, 5.74) is 1.62. The standard InChI is InChI=1S/C22H26O9S/c1-14-9-11-17(12-10-14)32(25,26)31-20-18(23)21(29-15(2)19(20)27-3)30-22(24)28-13-16-7-5-4-6-8-16/h4-12,15,18-21,23H,13H2,1-3H3/t15-,18+,19-,20+,21+/m1/s1. The lowest BCUT2D eigenvalue weighted by atomic mass is 10.00. The first-order valence-electron chi connectivity index (χ1n) is 9.95. The fourth-order valence-electron chi connectivity index (χ4n) is 3.27. The van der Waals surface area contributed by atoms with Crippen LogP contribution >= 0.6 is 0 Å². The summed E-state index contributed by atoms with van der Waals surface area (Å²) in [5, 5.41) is 10.7. The smallest absolute Gasteiger partial charge is 0.429 e. The summed E-state index contributed by atoms with van der Waals surface area (Å²) < 4.78 is 51.8. The molecule has 0 saturated carbocycles. The second-order valence-corrected chi connectivity index (χ2v) is 8.94. The number of aliphatic hydroxyl groups is 1. The zero-order valence-corrected chi connectivity index (χ0v) is 18.7. The highest BCUT2D eigenvalue weighted by Crippen LogP contribution is 2.29. The number of rotatable bonds is 7. The van der Waals surface area contributed by atoms with Crippen LogP contribution in [0.25, 0.3) is 0 Å². The number of aryl methyl sites for hydroxylation is 1. The minimum atomic E-state index is -4.24. The molecule has 0 amide bonds. The number of hydrogen-bond donors (Lipinski definition) is 1. The van der Waals surface area contributed by atoms with Gasteiger partial charge in [-0.3, -0.25) is 4.18 Å². The molecule has 1 heterocycles. The van der Waals surface area contributed by atoms with Crippen molar-refractivity contribution in [3.63, 3.8) is 0 Å². The van der Waals surface area contributed by atoms with Crippen LogP contribution < -0.4 is 0 Å². The second-order valence-electron chi connectivity index (χ2n) is 7.37. The topological polar surface area (TPSA) is 118 Å². The van der Waals surface area contributed by atoms with Gasteiger partial charge in [0.05, 0.1) is 11.0 Å². The van der Waals surface area contributed by atoms with Crippen LogP contribution in [0.4, 0.5) is 4.79 Å². The van der Waals surface area contributed by atoms with Gasteiger partial charge in [-0.05, 0) is 31.5 Å². The lowest BCUT2D eigenvalue weighted by molar-refractivity contribution is -0.279. The van der Waals surface area contributed by atoms with Gasteiger partial charge in [-0.15, -0.1) is 0 Å². The normalized spacial score (nSPS) is 25.8. The van der Waals surface area contributed by atoms with Gasteiger partial charge in [0.25, 0.3) is 10.1 Å². The molecule has 0 aromatic heterocycles. The highest BCUT2D eigenvalue weighted by atomic mass is 32.2.